The first kappa shape index (κ1) is 13.9. The lowest BCUT2D eigenvalue weighted by Crippen LogP contribution is -2.22. The fourth-order valence-corrected chi connectivity index (χ4v) is 2.36. The van der Waals surface area contributed by atoms with Gasteiger partial charge in [-0.3, -0.25) is 4.79 Å². The van der Waals surface area contributed by atoms with Crippen molar-refractivity contribution in [3.05, 3.63) is 23.3 Å². The Bertz CT molecular complexity index is 453. The number of nitrogens with one attached hydrogen (secondary N) is 1. The Morgan fingerprint density at radius 2 is 2.26 bits per heavy atom. The number of carbonyl (C=O) groups is 1. The van der Waals surface area contributed by atoms with Gasteiger partial charge >= 0.3 is 0 Å². The minimum absolute atomic E-state index is 0.136. The summed E-state index contributed by atoms with van der Waals surface area (Å²) < 4.78 is 0. The van der Waals surface area contributed by atoms with Crippen LogP contribution in [0.25, 0.3) is 0 Å². The standard InChI is InChI=1S/C14H22N4O/c1-10-16-11(6-7-14(19)18(2)3)9-13(17-10)12-5-4-8-15-12/h9,12,15H,4-8H2,1-3H3/t12-/m1/s1. The monoisotopic (exact) mass is 262 g/mol. The Morgan fingerprint density at radius 1 is 1.47 bits per heavy atom. The summed E-state index contributed by atoms with van der Waals surface area (Å²) in [5.41, 5.74) is 2.03. The van der Waals surface area contributed by atoms with E-state index in [1.54, 1.807) is 19.0 Å². The summed E-state index contributed by atoms with van der Waals surface area (Å²) in [7, 11) is 3.56. The summed E-state index contributed by atoms with van der Waals surface area (Å²) in [4.78, 5) is 22.2. The average molecular weight is 262 g/mol. The molecule has 2 heterocycles. The van der Waals surface area contributed by atoms with Crippen LogP contribution >= 0.6 is 0 Å². The second-order valence-electron chi connectivity index (χ2n) is 5.27. The summed E-state index contributed by atoms with van der Waals surface area (Å²) >= 11 is 0. The summed E-state index contributed by atoms with van der Waals surface area (Å²) in [6, 6.07) is 2.39. The quantitative estimate of drug-likeness (QED) is 0.886. The van der Waals surface area contributed by atoms with Crippen molar-refractivity contribution in [2.45, 2.75) is 38.6 Å². The van der Waals surface area contributed by atoms with Gasteiger partial charge < -0.3 is 10.2 Å². The molecule has 1 amide bonds. The van der Waals surface area contributed by atoms with Crippen LogP contribution in [0.3, 0.4) is 0 Å². The van der Waals surface area contributed by atoms with E-state index in [-0.39, 0.29) is 5.91 Å². The SMILES string of the molecule is Cc1nc(CCC(=O)N(C)C)cc([C@H]2CCCN2)n1. The first-order valence-corrected chi connectivity index (χ1v) is 6.84. The van der Waals surface area contributed by atoms with Gasteiger partial charge in [0.1, 0.15) is 5.82 Å². The van der Waals surface area contributed by atoms with Gasteiger partial charge in [-0.2, -0.15) is 0 Å². The molecule has 0 aliphatic carbocycles. The van der Waals surface area contributed by atoms with Crippen molar-refractivity contribution >= 4 is 5.91 Å². The highest BCUT2D eigenvalue weighted by molar-refractivity contribution is 5.75. The zero-order valence-corrected chi connectivity index (χ0v) is 11.9. The molecule has 0 unspecified atom stereocenters. The van der Waals surface area contributed by atoms with E-state index in [1.807, 2.05) is 13.0 Å². The van der Waals surface area contributed by atoms with E-state index in [0.717, 1.165) is 30.2 Å². The lowest BCUT2D eigenvalue weighted by atomic mass is 10.1. The molecule has 0 spiro atoms. The third kappa shape index (κ3) is 3.73. The van der Waals surface area contributed by atoms with Gasteiger partial charge in [-0.1, -0.05) is 0 Å². The van der Waals surface area contributed by atoms with Gasteiger partial charge in [0.2, 0.25) is 5.91 Å². The molecule has 1 N–H and O–H groups in total. The van der Waals surface area contributed by atoms with Gasteiger partial charge in [-0.15, -0.1) is 0 Å². The van der Waals surface area contributed by atoms with Crippen LogP contribution in [0.1, 0.15) is 42.5 Å². The first-order chi connectivity index (χ1) is 9.06. The number of amides is 1. The van der Waals surface area contributed by atoms with Crippen LogP contribution in [0, 0.1) is 6.92 Å². The van der Waals surface area contributed by atoms with Crippen LogP contribution in [0.5, 0.6) is 0 Å². The Labute approximate surface area is 114 Å². The molecule has 5 nitrogen and oxygen atoms in total. The molecular formula is C14H22N4O. The van der Waals surface area contributed by atoms with Gasteiger partial charge in [0.15, 0.2) is 0 Å². The van der Waals surface area contributed by atoms with E-state index >= 15 is 0 Å². The fourth-order valence-electron chi connectivity index (χ4n) is 2.36. The molecule has 1 aliphatic heterocycles. The van der Waals surface area contributed by atoms with E-state index < -0.39 is 0 Å². The molecule has 19 heavy (non-hydrogen) atoms. The number of nitrogens with zero attached hydrogens (tertiary/aromatic N) is 3. The second kappa shape index (κ2) is 6.10. The van der Waals surface area contributed by atoms with Crippen molar-refractivity contribution < 1.29 is 4.79 Å². The largest absolute Gasteiger partial charge is 0.349 e. The fraction of sp³-hybridized carbons (Fsp3) is 0.643. The van der Waals surface area contributed by atoms with Crippen molar-refractivity contribution in [2.24, 2.45) is 0 Å². The maximum Gasteiger partial charge on any atom is 0.222 e. The van der Waals surface area contributed by atoms with Crippen LogP contribution in [-0.2, 0) is 11.2 Å². The highest BCUT2D eigenvalue weighted by Gasteiger charge is 2.18. The number of carbonyl (C=O) groups excluding carboxylic acids is 1. The van der Waals surface area contributed by atoms with Gasteiger partial charge in [0.05, 0.1) is 5.69 Å². The number of rotatable bonds is 4. The number of aryl methyl sites for hydroxylation is 2. The summed E-state index contributed by atoms with van der Waals surface area (Å²) in [6.07, 6.45) is 3.51. The third-order valence-corrected chi connectivity index (χ3v) is 3.42. The van der Waals surface area contributed by atoms with Crippen molar-refractivity contribution in [3.8, 4) is 0 Å². The van der Waals surface area contributed by atoms with Gasteiger partial charge in [0, 0.05) is 32.3 Å². The van der Waals surface area contributed by atoms with Gasteiger partial charge in [-0.25, -0.2) is 9.97 Å². The minimum Gasteiger partial charge on any atom is -0.349 e. The predicted octanol–water partition coefficient (Wildman–Crippen LogP) is 1.23. The number of hydrogen-bond acceptors (Lipinski definition) is 4. The molecule has 104 valence electrons. The Balaban J connectivity index is 2.06. The molecule has 1 fully saturated rings. The average Bonchev–Trinajstić information content (AvgIpc) is 2.89. The second-order valence-corrected chi connectivity index (χ2v) is 5.27. The van der Waals surface area contributed by atoms with Gasteiger partial charge in [0.25, 0.3) is 0 Å². The summed E-state index contributed by atoms with van der Waals surface area (Å²) in [5.74, 6) is 0.926. The van der Waals surface area contributed by atoms with Crippen LogP contribution < -0.4 is 5.32 Å². The Hall–Kier alpha value is -1.49. The van der Waals surface area contributed by atoms with E-state index in [2.05, 4.69) is 15.3 Å². The zero-order chi connectivity index (χ0) is 13.8. The van der Waals surface area contributed by atoms with Crippen LogP contribution in [0.15, 0.2) is 6.07 Å². The molecule has 1 aromatic rings. The van der Waals surface area contributed by atoms with E-state index in [1.165, 1.54) is 6.42 Å². The Kier molecular flexibility index (Phi) is 4.47. The highest BCUT2D eigenvalue weighted by Crippen LogP contribution is 2.22. The molecule has 0 bridgehead atoms. The van der Waals surface area contributed by atoms with Crippen molar-refractivity contribution in [3.63, 3.8) is 0 Å². The van der Waals surface area contributed by atoms with E-state index in [4.69, 9.17) is 0 Å². The molecule has 1 aliphatic rings. The first-order valence-electron chi connectivity index (χ1n) is 6.84. The van der Waals surface area contributed by atoms with Crippen LogP contribution in [0.4, 0.5) is 0 Å². The van der Waals surface area contributed by atoms with Crippen LogP contribution in [-0.4, -0.2) is 41.4 Å². The molecule has 0 saturated carbocycles. The highest BCUT2D eigenvalue weighted by atomic mass is 16.2. The molecule has 1 aromatic heterocycles. The molecular weight excluding hydrogens is 240 g/mol. The number of hydrogen-bond donors (Lipinski definition) is 1. The van der Waals surface area contributed by atoms with Crippen molar-refractivity contribution in [1.82, 2.24) is 20.2 Å². The lowest BCUT2D eigenvalue weighted by molar-refractivity contribution is -0.128. The summed E-state index contributed by atoms with van der Waals surface area (Å²) in [6.45, 7) is 2.97. The molecule has 2 rings (SSSR count). The normalized spacial score (nSPS) is 18.6. The van der Waals surface area contributed by atoms with Crippen molar-refractivity contribution in [2.75, 3.05) is 20.6 Å². The summed E-state index contributed by atoms with van der Waals surface area (Å²) in [5, 5.41) is 3.44. The van der Waals surface area contributed by atoms with E-state index in [9.17, 15) is 4.79 Å². The lowest BCUT2D eigenvalue weighted by Gasteiger charge is -2.13. The third-order valence-electron chi connectivity index (χ3n) is 3.42. The topological polar surface area (TPSA) is 58.1 Å². The van der Waals surface area contributed by atoms with Gasteiger partial charge in [-0.05, 0) is 38.8 Å². The molecule has 1 saturated heterocycles. The van der Waals surface area contributed by atoms with Crippen molar-refractivity contribution in [1.29, 1.82) is 0 Å². The van der Waals surface area contributed by atoms with E-state index in [0.29, 0.717) is 18.9 Å². The molecule has 0 radical (unpaired) electrons. The molecule has 5 heteroatoms. The minimum atomic E-state index is 0.136. The zero-order valence-electron chi connectivity index (χ0n) is 11.9. The number of aromatic nitrogens is 2. The van der Waals surface area contributed by atoms with Crippen LogP contribution in [0.2, 0.25) is 0 Å². The molecule has 0 aromatic carbocycles. The maximum absolute atomic E-state index is 11.6. The molecule has 1 atom stereocenters. The Morgan fingerprint density at radius 3 is 2.89 bits per heavy atom. The maximum atomic E-state index is 11.6. The predicted molar refractivity (Wildman–Crippen MR) is 73.8 cm³/mol. The smallest absolute Gasteiger partial charge is 0.222 e.